The van der Waals surface area contributed by atoms with E-state index < -0.39 is 0 Å². The van der Waals surface area contributed by atoms with Crippen molar-refractivity contribution in [2.24, 2.45) is 0 Å². The first kappa shape index (κ1) is 15.3. The second-order valence-electron chi connectivity index (χ2n) is 6.27. The summed E-state index contributed by atoms with van der Waals surface area (Å²) >= 11 is 0. The smallest absolute Gasteiger partial charge is 0.204 e. The number of aromatic nitrogens is 1. The summed E-state index contributed by atoms with van der Waals surface area (Å²) in [7, 11) is 2.07. The maximum absolute atomic E-state index is 11.9. The Morgan fingerprint density at radius 1 is 1.04 bits per heavy atom. The number of nitrogens with zero attached hydrogens (tertiary/aromatic N) is 2. The van der Waals surface area contributed by atoms with Crippen LogP contribution in [0.3, 0.4) is 0 Å². The first-order chi connectivity index (χ1) is 12.1. The predicted molar refractivity (Wildman–Crippen MR) is 102 cm³/mol. The lowest BCUT2D eigenvalue weighted by Crippen LogP contribution is -2.18. The van der Waals surface area contributed by atoms with E-state index in [0.29, 0.717) is 5.69 Å². The topological polar surface area (TPSA) is 33.2 Å². The highest BCUT2D eigenvalue weighted by Gasteiger charge is 2.17. The summed E-state index contributed by atoms with van der Waals surface area (Å²) in [4.78, 5) is 18.3. The fraction of sp³-hybridized carbons (Fsp3) is 0.0909. The second-order valence-corrected chi connectivity index (χ2v) is 6.27. The highest BCUT2D eigenvalue weighted by molar-refractivity contribution is 6.11. The number of rotatable bonds is 1. The van der Waals surface area contributed by atoms with Gasteiger partial charge in [-0.15, -0.1) is 0 Å². The fourth-order valence-corrected chi connectivity index (χ4v) is 3.20. The van der Waals surface area contributed by atoms with Crippen LogP contribution >= 0.6 is 0 Å². The maximum Gasteiger partial charge on any atom is 0.204 e. The minimum Gasteiger partial charge on any atom is -0.344 e. The summed E-state index contributed by atoms with van der Waals surface area (Å²) < 4.78 is 0. The van der Waals surface area contributed by atoms with E-state index >= 15 is 0 Å². The molecule has 4 rings (SSSR count). The van der Waals surface area contributed by atoms with Gasteiger partial charge in [-0.25, -0.2) is 0 Å². The fourth-order valence-electron chi connectivity index (χ4n) is 3.20. The Kier molecular flexibility index (Phi) is 3.69. The van der Waals surface area contributed by atoms with Crippen molar-refractivity contribution in [3.05, 3.63) is 95.0 Å². The molecule has 1 aromatic heterocycles. The number of likely N-dealkylation sites (N-methyl/N-ethyl adjacent to an activating group) is 1. The third-order valence-electron chi connectivity index (χ3n) is 4.57. The van der Waals surface area contributed by atoms with Crippen LogP contribution in [0.25, 0.3) is 11.6 Å². The van der Waals surface area contributed by atoms with Crippen molar-refractivity contribution in [1.82, 2.24) is 4.98 Å². The highest BCUT2D eigenvalue weighted by Crippen LogP contribution is 2.31. The van der Waals surface area contributed by atoms with Gasteiger partial charge in [0.2, 0.25) is 5.78 Å². The zero-order chi connectivity index (χ0) is 17.4. The van der Waals surface area contributed by atoms with E-state index in [-0.39, 0.29) is 5.78 Å². The number of anilines is 1. The number of carbonyl (C=O) groups is 1. The summed E-state index contributed by atoms with van der Waals surface area (Å²) in [5.41, 5.74) is 7.16. The average Bonchev–Trinajstić information content (AvgIpc) is 2.63. The molecule has 2 heterocycles. The summed E-state index contributed by atoms with van der Waals surface area (Å²) in [6, 6.07) is 10.3. The molecular weight excluding hydrogens is 308 g/mol. The van der Waals surface area contributed by atoms with Crippen LogP contribution in [-0.4, -0.2) is 17.8 Å². The van der Waals surface area contributed by atoms with E-state index in [4.69, 9.17) is 0 Å². The largest absolute Gasteiger partial charge is 0.344 e. The number of ketones is 1. The summed E-state index contributed by atoms with van der Waals surface area (Å²) in [5.74, 6) is -0.0422. The molecule has 0 saturated heterocycles. The molecule has 0 amide bonds. The number of carbonyl (C=O) groups excluding carboxylic acids is 1. The van der Waals surface area contributed by atoms with Crippen molar-refractivity contribution in [1.29, 1.82) is 0 Å². The van der Waals surface area contributed by atoms with E-state index in [1.165, 1.54) is 16.8 Å². The van der Waals surface area contributed by atoms with Gasteiger partial charge in [-0.2, -0.15) is 0 Å². The molecule has 3 nitrogen and oxygen atoms in total. The summed E-state index contributed by atoms with van der Waals surface area (Å²) in [6.45, 7) is 2.10. The number of fused-ring (bicyclic) bond motifs is 2. The third kappa shape index (κ3) is 2.74. The molecule has 122 valence electrons. The molecule has 25 heavy (non-hydrogen) atoms. The molecule has 0 unspecified atom stereocenters. The van der Waals surface area contributed by atoms with Gasteiger partial charge in [-0.05, 0) is 54.5 Å². The number of pyridine rings is 1. The van der Waals surface area contributed by atoms with Crippen LogP contribution in [0, 0.1) is 6.92 Å². The average molecular weight is 326 g/mol. The lowest BCUT2D eigenvalue weighted by atomic mass is 9.95. The monoisotopic (exact) mass is 326 g/mol. The molecule has 0 atom stereocenters. The van der Waals surface area contributed by atoms with Crippen molar-refractivity contribution in [3.8, 4) is 0 Å². The van der Waals surface area contributed by atoms with Gasteiger partial charge in [-0.3, -0.25) is 9.78 Å². The maximum atomic E-state index is 11.9. The second kappa shape index (κ2) is 6.02. The van der Waals surface area contributed by atoms with Gasteiger partial charge in [0, 0.05) is 30.2 Å². The Morgan fingerprint density at radius 3 is 2.80 bits per heavy atom. The van der Waals surface area contributed by atoms with Gasteiger partial charge in [0.25, 0.3) is 0 Å². The molecule has 2 aromatic rings. The summed E-state index contributed by atoms with van der Waals surface area (Å²) in [6.07, 6.45) is 13.5. The highest BCUT2D eigenvalue weighted by atomic mass is 16.1. The van der Waals surface area contributed by atoms with Gasteiger partial charge in [-0.1, -0.05) is 35.9 Å². The molecule has 0 fully saturated rings. The lowest BCUT2D eigenvalue weighted by Gasteiger charge is -2.26. The molecule has 3 heteroatoms. The Bertz CT molecular complexity index is 993. The van der Waals surface area contributed by atoms with Gasteiger partial charge in [0.05, 0.1) is 0 Å². The molecule has 0 radical (unpaired) electrons. The lowest BCUT2D eigenvalue weighted by molar-refractivity contribution is 0.104. The van der Waals surface area contributed by atoms with Crippen molar-refractivity contribution < 1.29 is 4.79 Å². The number of benzene rings is 1. The van der Waals surface area contributed by atoms with E-state index in [0.717, 1.165) is 16.8 Å². The Morgan fingerprint density at radius 2 is 1.92 bits per heavy atom. The standard InChI is InChI=1S/C22H18N2O/c1-15-5-11-20-17(14-15)7-10-18(24(20)2)9-6-16-8-12-21(25)22-19(16)4-3-13-23-22/h3-14H,1-2H3/b16-6+,18-9+. The predicted octanol–water partition coefficient (Wildman–Crippen LogP) is 4.57. The van der Waals surface area contributed by atoms with Crippen molar-refractivity contribution >= 4 is 23.1 Å². The molecule has 0 N–H and O–H groups in total. The molecular formula is C22H18N2O. The molecule has 0 saturated carbocycles. The van der Waals surface area contributed by atoms with Crippen LogP contribution < -0.4 is 4.90 Å². The first-order valence-corrected chi connectivity index (χ1v) is 8.26. The Hall–Kier alpha value is -3.20. The zero-order valence-corrected chi connectivity index (χ0v) is 14.2. The number of hydrogen-bond acceptors (Lipinski definition) is 3. The van der Waals surface area contributed by atoms with E-state index in [1.807, 2.05) is 24.3 Å². The van der Waals surface area contributed by atoms with Crippen molar-refractivity contribution in [2.75, 3.05) is 11.9 Å². The molecule has 1 aliphatic heterocycles. The minimum absolute atomic E-state index is 0.0422. The molecule has 1 aromatic carbocycles. The third-order valence-corrected chi connectivity index (χ3v) is 4.57. The number of hydrogen-bond donors (Lipinski definition) is 0. The van der Waals surface area contributed by atoms with E-state index in [2.05, 4.69) is 60.3 Å². The molecule has 1 aliphatic carbocycles. The van der Waals surface area contributed by atoms with Crippen molar-refractivity contribution in [2.45, 2.75) is 6.92 Å². The van der Waals surface area contributed by atoms with Crippen LogP contribution in [0.4, 0.5) is 5.69 Å². The van der Waals surface area contributed by atoms with Gasteiger partial charge in [0.15, 0.2) is 0 Å². The number of allylic oxidation sites excluding steroid dienone is 6. The van der Waals surface area contributed by atoms with E-state index in [1.54, 1.807) is 12.3 Å². The van der Waals surface area contributed by atoms with Crippen LogP contribution in [0.1, 0.15) is 27.2 Å². The van der Waals surface area contributed by atoms with Crippen LogP contribution in [0.15, 0.2) is 72.6 Å². The van der Waals surface area contributed by atoms with E-state index in [9.17, 15) is 4.79 Å². The van der Waals surface area contributed by atoms with Gasteiger partial charge in [0.1, 0.15) is 5.69 Å². The zero-order valence-electron chi connectivity index (χ0n) is 14.2. The Labute approximate surface area is 147 Å². The van der Waals surface area contributed by atoms with Crippen molar-refractivity contribution in [3.63, 3.8) is 0 Å². The van der Waals surface area contributed by atoms with Gasteiger partial charge >= 0.3 is 0 Å². The summed E-state index contributed by atoms with van der Waals surface area (Å²) in [5, 5.41) is 0. The van der Waals surface area contributed by atoms with Crippen LogP contribution in [0.2, 0.25) is 0 Å². The molecule has 2 aliphatic rings. The normalized spacial score (nSPS) is 18.6. The molecule has 0 spiro atoms. The SMILES string of the molecule is Cc1ccc2c(c1)C=C/C(=C\C=C1/C=CC(=O)c3ncccc31)N2C. The molecule has 0 bridgehead atoms. The van der Waals surface area contributed by atoms with Crippen LogP contribution in [-0.2, 0) is 0 Å². The Balaban J connectivity index is 1.71. The minimum atomic E-state index is -0.0422. The van der Waals surface area contributed by atoms with Gasteiger partial charge < -0.3 is 4.90 Å². The quantitative estimate of drug-likeness (QED) is 0.769. The first-order valence-electron chi connectivity index (χ1n) is 8.26. The number of aryl methyl sites for hydroxylation is 1. The van der Waals surface area contributed by atoms with Crippen LogP contribution in [0.5, 0.6) is 0 Å².